The molecule has 0 amide bonds. The molecular formula is C22H15BrCl2N2O2. The molecule has 2 heterocycles. The van der Waals surface area contributed by atoms with Crippen LogP contribution in [0.25, 0.3) is 0 Å². The molecular weight excluding hydrogens is 475 g/mol. The van der Waals surface area contributed by atoms with E-state index in [-0.39, 0.29) is 16.8 Å². The highest BCUT2D eigenvalue weighted by atomic mass is 79.9. The third kappa shape index (κ3) is 3.27. The zero-order chi connectivity index (χ0) is 20.1. The van der Waals surface area contributed by atoms with Crippen LogP contribution in [0.4, 0.5) is 0 Å². The van der Waals surface area contributed by atoms with E-state index in [1.165, 1.54) is 6.07 Å². The zero-order valence-electron chi connectivity index (χ0n) is 15.0. The summed E-state index contributed by atoms with van der Waals surface area (Å²) < 4.78 is 7.25. The number of ether oxygens (including phenoxy) is 1. The Morgan fingerprint density at radius 3 is 2.62 bits per heavy atom. The summed E-state index contributed by atoms with van der Waals surface area (Å²) in [7, 11) is 0. The van der Waals surface area contributed by atoms with Crippen LogP contribution in [0.5, 0.6) is 11.5 Å². The van der Waals surface area contributed by atoms with Crippen molar-refractivity contribution in [2.45, 2.75) is 18.7 Å². The van der Waals surface area contributed by atoms with Crippen LogP contribution < -0.4 is 4.74 Å². The average Bonchev–Trinajstić information content (AvgIpc) is 3.17. The van der Waals surface area contributed by atoms with Crippen molar-refractivity contribution in [3.05, 3.63) is 91.9 Å². The first-order chi connectivity index (χ1) is 14.0. The largest absolute Gasteiger partial charge is 0.506 e. The SMILES string of the molecule is Oc1c(Cl)cc(Cl)cc1C1Oc2ccc(Br)cc2C2CC(c3ccccc3)=NN21. The molecule has 3 aromatic rings. The van der Waals surface area contributed by atoms with Crippen molar-refractivity contribution in [3.8, 4) is 11.5 Å². The molecule has 0 radical (unpaired) electrons. The van der Waals surface area contributed by atoms with Crippen LogP contribution in [-0.4, -0.2) is 15.8 Å². The lowest BCUT2D eigenvalue weighted by atomic mass is 9.96. The lowest BCUT2D eigenvalue weighted by Gasteiger charge is -2.38. The van der Waals surface area contributed by atoms with E-state index in [9.17, 15) is 5.11 Å². The Labute approximate surface area is 186 Å². The van der Waals surface area contributed by atoms with Gasteiger partial charge in [0, 0.05) is 21.5 Å². The molecule has 29 heavy (non-hydrogen) atoms. The topological polar surface area (TPSA) is 45.1 Å². The monoisotopic (exact) mass is 488 g/mol. The molecule has 4 nitrogen and oxygen atoms in total. The van der Waals surface area contributed by atoms with Gasteiger partial charge in [0.1, 0.15) is 11.5 Å². The third-order valence-corrected chi connectivity index (χ3v) is 6.18. The number of phenols is 1. The lowest BCUT2D eigenvalue weighted by molar-refractivity contribution is -0.0203. The van der Waals surface area contributed by atoms with Crippen molar-refractivity contribution in [3.63, 3.8) is 0 Å². The molecule has 5 rings (SSSR count). The summed E-state index contributed by atoms with van der Waals surface area (Å²) >= 11 is 15.9. The maximum atomic E-state index is 10.6. The summed E-state index contributed by atoms with van der Waals surface area (Å²) in [6.07, 6.45) is 0.0774. The number of fused-ring (bicyclic) bond motifs is 3. The Morgan fingerprint density at radius 2 is 1.83 bits per heavy atom. The highest BCUT2D eigenvalue weighted by molar-refractivity contribution is 9.10. The van der Waals surface area contributed by atoms with Crippen molar-refractivity contribution < 1.29 is 9.84 Å². The highest BCUT2D eigenvalue weighted by Gasteiger charge is 2.42. The summed E-state index contributed by atoms with van der Waals surface area (Å²) in [6.45, 7) is 0. The van der Waals surface area contributed by atoms with Gasteiger partial charge in [-0.25, -0.2) is 5.01 Å². The minimum absolute atomic E-state index is 0.0337. The Balaban J connectivity index is 1.66. The summed E-state index contributed by atoms with van der Waals surface area (Å²) in [4.78, 5) is 0. The Bertz CT molecular complexity index is 1140. The lowest BCUT2D eigenvalue weighted by Crippen LogP contribution is -2.33. The van der Waals surface area contributed by atoms with Crippen molar-refractivity contribution in [2.75, 3.05) is 0 Å². The molecule has 1 N–H and O–H groups in total. The number of rotatable bonds is 2. The molecule has 0 saturated heterocycles. The Morgan fingerprint density at radius 1 is 1.03 bits per heavy atom. The molecule has 0 spiro atoms. The first-order valence-corrected chi connectivity index (χ1v) is 10.6. The van der Waals surface area contributed by atoms with E-state index >= 15 is 0 Å². The molecule has 3 aromatic carbocycles. The summed E-state index contributed by atoms with van der Waals surface area (Å²) in [6, 6.07) is 19.1. The first kappa shape index (κ1) is 18.8. The van der Waals surface area contributed by atoms with Gasteiger partial charge < -0.3 is 9.84 Å². The average molecular weight is 490 g/mol. The van der Waals surface area contributed by atoms with Crippen LogP contribution in [0.1, 0.15) is 35.4 Å². The smallest absolute Gasteiger partial charge is 0.217 e. The molecule has 7 heteroatoms. The van der Waals surface area contributed by atoms with Gasteiger partial charge in [-0.2, -0.15) is 5.10 Å². The van der Waals surface area contributed by atoms with Crippen LogP contribution >= 0.6 is 39.1 Å². The fraction of sp³-hybridized carbons (Fsp3) is 0.136. The number of aromatic hydroxyl groups is 1. The van der Waals surface area contributed by atoms with Gasteiger partial charge in [0.15, 0.2) is 0 Å². The van der Waals surface area contributed by atoms with E-state index in [0.717, 1.165) is 33.5 Å². The van der Waals surface area contributed by atoms with Gasteiger partial charge in [0.05, 0.1) is 22.3 Å². The van der Waals surface area contributed by atoms with Gasteiger partial charge in [-0.05, 0) is 35.9 Å². The highest BCUT2D eigenvalue weighted by Crippen LogP contribution is 2.50. The molecule has 0 bridgehead atoms. The number of hydrogen-bond donors (Lipinski definition) is 1. The molecule has 2 aliphatic rings. The minimum atomic E-state index is -0.647. The van der Waals surface area contributed by atoms with Crippen molar-refractivity contribution >= 4 is 44.8 Å². The molecule has 0 fully saturated rings. The predicted octanol–water partition coefficient (Wildman–Crippen LogP) is 6.70. The predicted molar refractivity (Wildman–Crippen MR) is 118 cm³/mol. The van der Waals surface area contributed by atoms with Gasteiger partial charge >= 0.3 is 0 Å². The maximum absolute atomic E-state index is 10.6. The van der Waals surface area contributed by atoms with E-state index in [2.05, 4.69) is 22.0 Å². The summed E-state index contributed by atoms with van der Waals surface area (Å²) in [5, 5.41) is 18.0. The van der Waals surface area contributed by atoms with E-state index in [0.29, 0.717) is 10.6 Å². The van der Waals surface area contributed by atoms with Crippen LogP contribution in [0.2, 0.25) is 10.0 Å². The number of hydrogen-bond acceptors (Lipinski definition) is 4. The fourth-order valence-electron chi connectivity index (χ4n) is 3.84. The zero-order valence-corrected chi connectivity index (χ0v) is 18.1. The third-order valence-electron chi connectivity index (χ3n) is 5.18. The molecule has 2 unspecified atom stereocenters. The molecule has 0 aliphatic carbocycles. The standard InChI is InChI=1S/C22H15BrCl2N2O2/c23-13-6-7-20-15(8-13)19-11-18(12-4-2-1-3-5-12)26-27(19)22(29-20)16-9-14(24)10-17(25)21(16)28/h1-10,19,22,28H,11H2. The van der Waals surface area contributed by atoms with Crippen LogP contribution in [0.15, 0.2) is 70.2 Å². The molecule has 0 saturated carbocycles. The van der Waals surface area contributed by atoms with Crippen LogP contribution in [0.3, 0.4) is 0 Å². The van der Waals surface area contributed by atoms with Crippen molar-refractivity contribution in [2.24, 2.45) is 5.10 Å². The normalized spacial score (nSPS) is 20.0. The number of hydrazone groups is 1. The number of halogens is 3. The van der Waals surface area contributed by atoms with Gasteiger partial charge in [0.2, 0.25) is 6.23 Å². The Hall–Kier alpha value is -2.21. The second-order valence-electron chi connectivity index (χ2n) is 6.99. The number of phenolic OH excluding ortho intramolecular Hbond substituents is 1. The van der Waals surface area contributed by atoms with Crippen molar-refractivity contribution in [1.29, 1.82) is 0 Å². The quantitative estimate of drug-likeness (QED) is 0.435. The second kappa shape index (κ2) is 7.24. The van der Waals surface area contributed by atoms with E-state index in [1.54, 1.807) is 6.07 Å². The van der Waals surface area contributed by atoms with E-state index < -0.39 is 6.23 Å². The number of nitrogens with zero attached hydrogens (tertiary/aromatic N) is 2. The van der Waals surface area contributed by atoms with Crippen molar-refractivity contribution in [1.82, 2.24) is 5.01 Å². The van der Waals surface area contributed by atoms with E-state index in [1.807, 2.05) is 47.5 Å². The fourth-order valence-corrected chi connectivity index (χ4v) is 4.73. The molecule has 146 valence electrons. The second-order valence-corrected chi connectivity index (χ2v) is 8.75. The maximum Gasteiger partial charge on any atom is 0.217 e. The minimum Gasteiger partial charge on any atom is -0.506 e. The molecule has 0 aromatic heterocycles. The summed E-state index contributed by atoms with van der Waals surface area (Å²) in [5.74, 6) is 0.697. The molecule has 2 atom stereocenters. The van der Waals surface area contributed by atoms with Gasteiger partial charge in [-0.15, -0.1) is 0 Å². The molecule has 2 aliphatic heterocycles. The van der Waals surface area contributed by atoms with Gasteiger partial charge in [-0.1, -0.05) is 69.5 Å². The van der Waals surface area contributed by atoms with Crippen LogP contribution in [-0.2, 0) is 0 Å². The van der Waals surface area contributed by atoms with Crippen LogP contribution in [0, 0.1) is 0 Å². The Kier molecular flexibility index (Phi) is 4.69. The van der Waals surface area contributed by atoms with E-state index in [4.69, 9.17) is 33.0 Å². The number of benzene rings is 3. The first-order valence-electron chi connectivity index (χ1n) is 9.06. The van der Waals surface area contributed by atoms with Gasteiger partial charge in [-0.3, -0.25) is 0 Å². The van der Waals surface area contributed by atoms with Gasteiger partial charge in [0.25, 0.3) is 0 Å². The summed E-state index contributed by atoms with van der Waals surface area (Å²) in [5.41, 5.74) is 3.55.